The van der Waals surface area contributed by atoms with Gasteiger partial charge in [0.25, 0.3) is 0 Å². The smallest absolute Gasteiger partial charge is 0.107 e. The monoisotopic (exact) mass is 322 g/mol. The third-order valence-corrected chi connectivity index (χ3v) is 5.28. The van der Waals surface area contributed by atoms with E-state index >= 15 is 0 Å². The van der Waals surface area contributed by atoms with Crippen molar-refractivity contribution >= 4 is 34.7 Å². The first kappa shape index (κ1) is 16.6. The minimum Gasteiger partial charge on any atom is -0.389 e. The normalized spacial score (nSPS) is 21.0. The van der Waals surface area contributed by atoms with Gasteiger partial charge in [-0.3, -0.25) is 0 Å². The van der Waals surface area contributed by atoms with Crippen LogP contribution in [0, 0.1) is 5.41 Å². The highest BCUT2D eigenvalue weighted by molar-refractivity contribution is 7.99. The van der Waals surface area contributed by atoms with Gasteiger partial charge in [-0.05, 0) is 42.6 Å². The molecular formula is C17H26N2S2. The number of benzene rings is 1. The van der Waals surface area contributed by atoms with Crippen LogP contribution in [-0.4, -0.2) is 16.8 Å². The highest BCUT2D eigenvalue weighted by atomic mass is 32.2. The molecule has 1 aromatic carbocycles. The zero-order valence-corrected chi connectivity index (χ0v) is 14.9. The number of thiocarbonyl (C=S) groups is 1. The molecule has 4 heteroatoms. The lowest BCUT2D eigenvalue weighted by atomic mass is 9.75. The molecule has 0 aliphatic heterocycles. The van der Waals surface area contributed by atoms with Crippen molar-refractivity contribution in [3.05, 3.63) is 23.8 Å². The minimum absolute atomic E-state index is 0.426. The second-order valence-electron chi connectivity index (χ2n) is 6.58. The Kier molecular flexibility index (Phi) is 5.55. The summed E-state index contributed by atoms with van der Waals surface area (Å²) in [5, 5.41) is 3.70. The maximum absolute atomic E-state index is 5.98. The van der Waals surface area contributed by atoms with E-state index in [4.69, 9.17) is 18.0 Å². The van der Waals surface area contributed by atoms with Gasteiger partial charge in [-0.2, -0.15) is 0 Å². The maximum atomic E-state index is 5.98. The SMILES string of the molecule is CCSc1cccc(NC2CCCC(C)(C)C2)c1C(N)=S. The number of thioether (sulfide) groups is 1. The molecule has 0 amide bonds. The maximum Gasteiger partial charge on any atom is 0.107 e. The predicted octanol–water partition coefficient (Wildman–Crippen LogP) is 4.81. The van der Waals surface area contributed by atoms with Crippen LogP contribution in [0.2, 0.25) is 0 Å². The lowest BCUT2D eigenvalue weighted by molar-refractivity contribution is 0.229. The van der Waals surface area contributed by atoms with Gasteiger partial charge in [0.05, 0.1) is 0 Å². The van der Waals surface area contributed by atoms with Gasteiger partial charge >= 0.3 is 0 Å². The molecule has 1 fully saturated rings. The van der Waals surface area contributed by atoms with Crippen molar-refractivity contribution < 1.29 is 0 Å². The van der Waals surface area contributed by atoms with Gasteiger partial charge in [-0.15, -0.1) is 11.8 Å². The van der Waals surface area contributed by atoms with Crippen LogP contribution in [0.4, 0.5) is 5.69 Å². The first-order valence-electron chi connectivity index (χ1n) is 7.75. The Morgan fingerprint density at radius 1 is 1.48 bits per heavy atom. The molecule has 1 aliphatic carbocycles. The summed E-state index contributed by atoms with van der Waals surface area (Å²) in [7, 11) is 0. The average molecular weight is 323 g/mol. The van der Waals surface area contributed by atoms with Gasteiger partial charge in [0.15, 0.2) is 0 Å². The van der Waals surface area contributed by atoms with Crippen LogP contribution in [0.1, 0.15) is 52.0 Å². The molecule has 0 aromatic heterocycles. The lowest BCUT2D eigenvalue weighted by Gasteiger charge is -2.36. The summed E-state index contributed by atoms with van der Waals surface area (Å²) in [6.45, 7) is 6.87. The molecule has 0 bridgehead atoms. The van der Waals surface area contributed by atoms with Gasteiger partial charge < -0.3 is 11.1 Å². The van der Waals surface area contributed by atoms with E-state index < -0.39 is 0 Å². The topological polar surface area (TPSA) is 38.0 Å². The summed E-state index contributed by atoms with van der Waals surface area (Å²) in [5.41, 5.74) is 8.52. The number of hydrogen-bond donors (Lipinski definition) is 2. The van der Waals surface area contributed by atoms with Crippen molar-refractivity contribution in [3.63, 3.8) is 0 Å². The lowest BCUT2D eigenvalue weighted by Crippen LogP contribution is -2.32. The highest BCUT2D eigenvalue weighted by Crippen LogP contribution is 2.37. The van der Waals surface area contributed by atoms with E-state index in [2.05, 4.69) is 44.3 Å². The third kappa shape index (κ3) is 4.36. The van der Waals surface area contributed by atoms with Gasteiger partial charge in [0.1, 0.15) is 4.99 Å². The molecule has 1 aromatic rings. The second-order valence-corrected chi connectivity index (χ2v) is 8.32. The van der Waals surface area contributed by atoms with E-state index in [1.807, 2.05) is 0 Å². The Balaban J connectivity index is 2.23. The van der Waals surface area contributed by atoms with E-state index in [1.54, 1.807) is 11.8 Å². The standard InChI is InChI=1S/C17H26N2S2/c1-4-21-14-9-5-8-13(15(14)16(18)20)19-12-7-6-10-17(2,3)11-12/h5,8-9,12,19H,4,6-7,10-11H2,1-3H3,(H2,18,20). The van der Waals surface area contributed by atoms with Gasteiger partial charge in [0.2, 0.25) is 0 Å². The van der Waals surface area contributed by atoms with Crippen molar-refractivity contribution in [1.29, 1.82) is 0 Å². The molecule has 0 radical (unpaired) electrons. The molecule has 2 rings (SSSR count). The number of rotatable bonds is 5. The van der Waals surface area contributed by atoms with E-state index in [0.29, 0.717) is 16.4 Å². The van der Waals surface area contributed by atoms with E-state index in [-0.39, 0.29) is 0 Å². The summed E-state index contributed by atoms with van der Waals surface area (Å²) >= 11 is 7.09. The summed E-state index contributed by atoms with van der Waals surface area (Å²) < 4.78 is 0. The summed E-state index contributed by atoms with van der Waals surface area (Å²) in [6, 6.07) is 6.83. The fourth-order valence-corrected chi connectivity index (χ4v) is 4.36. The van der Waals surface area contributed by atoms with E-state index in [0.717, 1.165) is 17.0 Å². The third-order valence-electron chi connectivity index (χ3n) is 4.14. The second kappa shape index (κ2) is 7.01. The van der Waals surface area contributed by atoms with Crippen LogP contribution in [0.15, 0.2) is 23.1 Å². The summed E-state index contributed by atoms with van der Waals surface area (Å²) in [4.78, 5) is 1.68. The van der Waals surface area contributed by atoms with Crippen molar-refractivity contribution in [2.45, 2.75) is 57.4 Å². The molecule has 3 N–H and O–H groups in total. The van der Waals surface area contributed by atoms with Crippen LogP contribution in [0.25, 0.3) is 0 Å². The first-order valence-corrected chi connectivity index (χ1v) is 9.14. The molecular weight excluding hydrogens is 296 g/mol. The molecule has 0 heterocycles. The minimum atomic E-state index is 0.426. The number of nitrogens with two attached hydrogens (primary N) is 1. The van der Waals surface area contributed by atoms with Crippen LogP contribution in [0.3, 0.4) is 0 Å². The predicted molar refractivity (Wildman–Crippen MR) is 98.4 cm³/mol. The largest absolute Gasteiger partial charge is 0.389 e. The Morgan fingerprint density at radius 3 is 2.86 bits per heavy atom. The Bertz CT molecular complexity index is 512. The molecule has 1 aliphatic rings. The molecule has 1 saturated carbocycles. The zero-order chi connectivity index (χ0) is 15.5. The molecule has 0 saturated heterocycles. The highest BCUT2D eigenvalue weighted by Gasteiger charge is 2.28. The van der Waals surface area contributed by atoms with E-state index in [9.17, 15) is 0 Å². The summed E-state index contributed by atoms with van der Waals surface area (Å²) in [6.07, 6.45) is 5.04. The van der Waals surface area contributed by atoms with Crippen molar-refractivity contribution in [2.24, 2.45) is 11.1 Å². The molecule has 1 unspecified atom stereocenters. The van der Waals surface area contributed by atoms with Crippen LogP contribution in [0.5, 0.6) is 0 Å². The van der Waals surface area contributed by atoms with E-state index in [1.165, 1.54) is 30.6 Å². The Morgan fingerprint density at radius 2 is 2.24 bits per heavy atom. The molecule has 2 nitrogen and oxygen atoms in total. The fourth-order valence-electron chi connectivity index (χ4n) is 3.22. The fraction of sp³-hybridized carbons (Fsp3) is 0.588. The van der Waals surface area contributed by atoms with Gasteiger partial charge in [-0.25, -0.2) is 0 Å². The quantitative estimate of drug-likeness (QED) is 0.602. The first-order chi connectivity index (χ1) is 9.93. The Labute approximate surface area is 138 Å². The molecule has 21 heavy (non-hydrogen) atoms. The number of hydrogen-bond acceptors (Lipinski definition) is 3. The number of anilines is 1. The number of nitrogens with one attached hydrogen (secondary N) is 1. The van der Waals surface area contributed by atoms with Crippen LogP contribution >= 0.6 is 24.0 Å². The van der Waals surface area contributed by atoms with Crippen molar-refractivity contribution in [3.8, 4) is 0 Å². The molecule has 1 atom stereocenters. The molecule has 116 valence electrons. The van der Waals surface area contributed by atoms with Gasteiger partial charge in [-0.1, -0.05) is 45.5 Å². The van der Waals surface area contributed by atoms with Crippen LogP contribution < -0.4 is 11.1 Å². The van der Waals surface area contributed by atoms with Crippen molar-refractivity contribution in [1.82, 2.24) is 0 Å². The van der Waals surface area contributed by atoms with Crippen molar-refractivity contribution in [2.75, 3.05) is 11.1 Å². The van der Waals surface area contributed by atoms with Crippen LogP contribution in [-0.2, 0) is 0 Å². The van der Waals surface area contributed by atoms with Gasteiger partial charge in [0, 0.05) is 22.2 Å². The summed E-state index contributed by atoms with van der Waals surface area (Å²) in [5.74, 6) is 1.02. The Hall–Kier alpha value is -0.740. The molecule has 0 spiro atoms. The zero-order valence-electron chi connectivity index (χ0n) is 13.2. The average Bonchev–Trinajstić information content (AvgIpc) is 2.37.